The minimum absolute atomic E-state index is 0.175. The predicted octanol–water partition coefficient (Wildman–Crippen LogP) is 3.82. The van der Waals surface area contributed by atoms with Gasteiger partial charge in [-0.05, 0) is 36.4 Å². The monoisotopic (exact) mass is 295 g/mol. The second kappa shape index (κ2) is 5.51. The summed E-state index contributed by atoms with van der Waals surface area (Å²) >= 11 is 11.9. The Balaban J connectivity index is 2.38. The molecule has 0 aliphatic rings. The van der Waals surface area contributed by atoms with E-state index >= 15 is 0 Å². The smallest absolute Gasteiger partial charge is 0.193 e. The molecule has 0 atom stereocenters. The number of halogens is 2. The molecule has 0 spiro atoms. The molecule has 0 bridgehead atoms. The molecule has 19 heavy (non-hydrogen) atoms. The lowest BCUT2D eigenvalue weighted by atomic mass is 10.0. The Hall–Kier alpha value is -1.71. The van der Waals surface area contributed by atoms with Crippen molar-refractivity contribution in [3.63, 3.8) is 0 Å². The highest BCUT2D eigenvalue weighted by atomic mass is 35.5. The topological polar surface area (TPSA) is 52.3 Å². The van der Waals surface area contributed by atoms with Gasteiger partial charge in [0.05, 0.1) is 22.8 Å². The molecule has 98 valence electrons. The van der Waals surface area contributed by atoms with Gasteiger partial charge in [0.15, 0.2) is 5.78 Å². The molecule has 5 heteroatoms. The number of rotatable bonds is 3. The molecule has 2 aromatic rings. The van der Waals surface area contributed by atoms with Crippen molar-refractivity contribution in [2.24, 2.45) is 0 Å². The zero-order valence-corrected chi connectivity index (χ0v) is 11.6. The van der Waals surface area contributed by atoms with Crippen molar-refractivity contribution in [3.8, 4) is 5.75 Å². The lowest BCUT2D eigenvalue weighted by molar-refractivity contribution is 0.103. The van der Waals surface area contributed by atoms with Gasteiger partial charge in [0, 0.05) is 11.1 Å². The zero-order valence-electron chi connectivity index (χ0n) is 10.1. The van der Waals surface area contributed by atoms with Crippen LogP contribution in [-0.4, -0.2) is 12.9 Å². The first-order valence-electron chi connectivity index (χ1n) is 5.46. The molecule has 0 saturated heterocycles. The van der Waals surface area contributed by atoms with Gasteiger partial charge in [-0.1, -0.05) is 23.2 Å². The van der Waals surface area contributed by atoms with Gasteiger partial charge in [0.1, 0.15) is 5.75 Å². The SMILES string of the molecule is COc1ccc(C(=O)c2ccc(N)c(Cl)c2)cc1Cl. The van der Waals surface area contributed by atoms with Crippen LogP contribution < -0.4 is 10.5 Å². The average Bonchev–Trinajstić information content (AvgIpc) is 2.41. The lowest BCUT2D eigenvalue weighted by Gasteiger charge is -2.06. The van der Waals surface area contributed by atoms with Crippen molar-refractivity contribution in [3.05, 3.63) is 57.6 Å². The van der Waals surface area contributed by atoms with Crippen LogP contribution in [-0.2, 0) is 0 Å². The quantitative estimate of drug-likeness (QED) is 0.692. The van der Waals surface area contributed by atoms with Gasteiger partial charge >= 0.3 is 0 Å². The molecule has 0 aromatic heterocycles. The number of nitrogen functional groups attached to an aromatic ring is 1. The van der Waals surface area contributed by atoms with E-state index in [0.29, 0.717) is 32.6 Å². The number of hydrogen-bond acceptors (Lipinski definition) is 3. The summed E-state index contributed by atoms with van der Waals surface area (Å²) in [5.41, 5.74) is 6.97. The summed E-state index contributed by atoms with van der Waals surface area (Å²) in [7, 11) is 1.52. The fourth-order valence-corrected chi connectivity index (χ4v) is 2.08. The van der Waals surface area contributed by atoms with Gasteiger partial charge in [-0.2, -0.15) is 0 Å². The van der Waals surface area contributed by atoms with E-state index in [1.165, 1.54) is 13.2 Å². The molecular weight excluding hydrogens is 285 g/mol. The molecule has 0 radical (unpaired) electrons. The van der Waals surface area contributed by atoms with Crippen LogP contribution >= 0.6 is 23.2 Å². The third-order valence-electron chi connectivity index (χ3n) is 2.68. The van der Waals surface area contributed by atoms with E-state index in [-0.39, 0.29) is 5.78 Å². The molecule has 3 nitrogen and oxygen atoms in total. The van der Waals surface area contributed by atoms with Crippen molar-refractivity contribution in [1.82, 2.24) is 0 Å². The van der Waals surface area contributed by atoms with Crippen LogP contribution in [0.2, 0.25) is 10.0 Å². The van der Waals surface area contributed by atoms with Crippen LogP contribution in [0.3, 0.4) is 0 Å². The fraction of sp³-hybridized carbons (Fsp3) is 0.0714. The normalized spacial score (nSPS) is 10.3. The van der Waals surface area contributed by atoms with Crippen molar-refractivity contribution in [1.29, 1.82) is 0 Å². The van der Waals surface area contributed by atoms with E-state index in [0.717, 1.165) is 0 Å². The Kier molecular flexibility index (Phi) is 3.98. The highest BCUT2D eigenvalue weighted by Crippen LogP contribution is 2.27. The molecule has 0 saturated carbocycles. The van der Waals surface area contributed by atoms with Gasteiger partial charge in [-0.25, -0.2) is 0 Å². The van der Waals surface area contributed by atoms with Crippen molar-refractivity contribution < 1.29 is 9.53 Å². The summed E-state index contributed by atoms with van der Waals surface area (Å²) in [6.07, 6.45) is 0. The summed E-state index contributed by atoms with van der Waals surface area (Å²) in [4.78, 5) is 12.3. The number of anilines is 1. The minimum Gasteiger partial charge on any atom is -0.495 e. The summed E-state index contributed by atoms with van der Waals surface area (Å²) in [5, 5.41) is 0.736. The molecular formula is C14H11Cl2NO2. The molecule has 2 rings (SSSR count). The molecule has 0 aliphatic carbocycles. The summed E-state index contributed by atoms with van der Waals surface area (Å²) in [6, 6.07) is 9.62. The number of ketones is 1. The molecule has 0 amide bonds. The van der Waals surface area contributed by atoms with Crippen molar-refractivity contribution >= 4 is 34.7 Å². The van der Waals surface area contributed by atoms with E-state index < -0.39 is 0 Å². The van der Waals surface area contributed by atoms with Crippen molar-refractivity contribution in [2.75, 3.05) is 12.8 Å². The highest BCUT2D eigenvalue weighted by Gasteiger charge is 2.12. The van der Waals surface area contributed by atoms with Gasteiger partial charge in [-0.3, -0.25) is 4.79 Å². The first kappa shape index (κ1) is 13.7. The van der Waals surface area contributed by atoms with Gasteiger partial charge in [0.25, 0.3) is 0 Å². The summed E-state index contributed by atoms with van der Waals surface area (Å²) in [6.45, 7) is 0. The molecule has 0 fully saturated rings. The number of nitrogens with two attached hydrogens (primary N) is 1. The number of carbonyl (C=O) groups is 1. The minimum atomic E-state index is -0.175. The number of ether oxygens (including phenoxy) is 1. The maximum Gasteiger partial charge on any atom is 0.193 e. The van der Waals surface area contributed by atoms with Crippen molar-refractivity contribution in [2.45, 2.75) is 0 Å². The van der Waals surface area contributed by atoms with Gasteiger partial charge in [-0.15, -0.1) is 0 Å². The molecule has 2 aromatic carbocycles. The van der Waals surface area contributed by atoms with Crippen LogP contribution in [0.5, 0.6) is 5.75 Å². The third kappa shape index (κ3) is 2.83. The summed E-state index contributed by atoms with van der Waals surface area (Å²) < 4.78 is 5.04. The maximum atomic E-state index is 12.3. The van der Waals surface area contributed by atoms with Crippen LogP contribution in [0, 0.1) is 0 Å². The van der Waals surface area contributed by atoms with E-state index in [1.807, 2.05) is 0 Å². The Morgan fingerprint density at radius 3 is 2.16 bits per heavy atom. The maximum absolute atomic E-state index is 12.3. The third-order valence-corrected chi connectivity index (χ3v) is 3.30. The number of methoxy groups -OCH3 is 1. The Bertz CT molecular complexity index is 641. The number of carbonyl (C=O) groups excluding carboxylic acids is 1. The Labute approximate surface area is 120 Å². The standard InChI is InChI=1S/C14H11Cl2NO2/c1-19-13-5-3-9(7-11(13)16)14(18)8-2-4-12(17)10(15)6-8/h2-7H,17H2,1H3. The van der Waals surface area contributed by atoms with E-state index in [2.05, 4.69) is 0 Å². The second-order valence-electron chi connectivity index (χ2n) is 3.91. The van der Waals surface area contributed by atoms with Crippen LogP contribution in [0.25, 0.3) is 0 Å². The second-order valence-corrected chi connectivity index (χ2v) is 4.73. The highest BCUT2D eigenvalue weighted by molar-refractivity contribution is 6.34. The first-order valence-corrected chi connectivity index (χ1v) is 6.22. The molecule has 0 unspecified atom stereocenters. The van der Waals surface area contributed by atoms with Crippen LogP contribution in [0.4, 0.5) is 5.69 Å². The van der Waals surface area contributed by atoms with Gasteiger partial charge < -0.3 is 10.5 Å². The zero-order chi connectivity index (χ0) is 14.0. The lowest BCUT2D eigenvalue weighted by Crippen LogP contribution is -2.02. The molecule has 0 aliphatic heterocycles. The van der Waals surface area contributed by atoms with E-state index in [9.17, 15) is 4.79 Å². The molecule has 0 heterocycles. The largest absolute Gasteiger partial charge is 0.495 e. The first-order chi connectivity index (χ1) is 9.02. The van der Waals surface area contributed by atoms with Crippen LogP contribution in [0.1, 0.15) is 15.9 Å². The number of benzene rings is 2. The predicted molar refractivity (Wildman–Crippen MR) is 77.3 cm³/mol. The number of hydrogen-bond donors (Lipinski definition) is 1. The summed E-state index contributed by atoms with van der Waals surface area (Å²) in [5.74, 6) is 0.347. The van der Waals surface area contributed by atoms with E-state index in [1.54, 1.807) is 30.3 Å². The molecule has 2 N–H and O–H groups in total. The Morgan fingerprint density at radius 2 is 1.63 bits per heavy atom. The average molecular weight is 296 g/mol. The Morgan fingerprint density at radius 1 is 1.05 bits per heavy atom. The van der Waals surface area contributed by atoms with E-state index in [4.69, 9.17) is 33.7 Å². The fourth-order valence-electron chi connectivity index (χ4n) is 1.64. The van der Waals surface area contributed by atoms with Crippen LogP contribution in [0.15, 0.2) is 36.4 Å². The van der Waals surface area contributed by atoms with Gasteiger partial charge in [0.2, 0.25) is 0 Å².